The Balaban J connectivity index is 0.00000180. The van der Waals surface area contributed by atoms with E-state index in [9.17, 15) is 9.18 Å². The second kappa shape index (κ2) is 7.53. The summed E-state index contributed by atoms with van der Waals surface area (Å²) in [6.07, 6.45) is -0.203. The molecule has 98 valence electrons. The number of hydrogen-bond acceptors (Lipinski definition) is 3. The van der Waals surface area contributed by atoms with Gasteiger partial charge in [0.15, 0.2) is 0 Å². The fourth-order valence-electron chi connectivity index (χ4n) is 1.87. The van der Waals surface area contributed by atoms with E-state index in [2.05, 4.69) is 12.6 Å². The van der Waals surface area contributed by atoms with Crippen molar-refractivity contribution in [3.8, 4) is 0 Å². The third-order valence-electron chi connectivity index (χ3n) is 2.95. The van der Waals surface area contributed by atoms with E-state index < -0.39 is 11.8 Å². The SMILES string of the molecule is O=C(OCc1ccccc1)N1CCC(F)([CH-]S)C1.[Na+]. The van der Waals surface area contributed by atoms with E-state index in [0.717, 1.165) is 5.56 Å². The first-order valence-electron chi connectivity index (χ1n) is 5.76. The van der Waals surface area contributed by atoms with Crippen LogP contribution in [0.5, 0.6) is 0 Å². The van der Waals surface area contributed by atoms with Gasteiger partial charge in [0, 0.05) is 18.8 Å². The third kappa shape index (κ3) is 4.67. The molecule has 0 saturated carbocycles. The van der Waals surface area contributed by atoms with Gasteiger partial charge in [-0.25, -0.2) is 10.5 Å². The Morgan fingerprint density at radius 1 is 1.47 bits per heavy atom. The van der Waals surface area contributed by atoms with Gasteiger partial charge < -0.3 is 22.3 Å². The van der Waals surface area contributed by atoms with Crippen molar-refractivity contribution >= 4 is 18.7 Å². The standard InChI is InChI=1S/C13H15FNO2S.Na/c14-13(10-18)6-7-15(9-13)12(16)17-8-11-4-2-1-3-5-11;/h1-5,10,18H,6-9H2;/q-1;+1. The minimum atomic E-state index is -1.49. The van der Waals surface area contributed by atoms with Gasteiger partial charge in [0.05, 0.1) is 0 Å². The van der Waals surface area contributed by atoms with Crippen molar-refractivity contribution in [2.24, 2.45) is 0 Å². The fourth-order valence-corrected chi connectivity index (χ4v) is 2.08. The molecule has 0 N–H and O–H groups in total. The molecule has 1 aliphatic heterocycles. The molecule has 0 aromatic heterocycles. The molecule has 1 aliphatic rings. The molecule has 0 radical (unpaired) electrons. The van der Waals surface area contributed by atoms with Crippen LogP contribution >= 0.6 is 12.6 Å². The number of carbonyl (C=O) groups is 1. The number of alkyl halides is 1. The van der Waals surface area contributed by atoms with Crippen molar-refractivity contribution in [1.82, 2.24) is 4.90 Å². The molecule has 6 heteroatoms. The molecule has 1 amide bonds. The van der Waals surface area contributed by atoms with E-state index >= 15 is 0 Å². The van der Waals surface area contributed by atoms with Crippen LogP contribution in [-0.4, -0.2) is 29.8 Å². The monoisotopic (exact) mass is 291 g/mol. The van der Waals surface area contributed by atoms with Gasteiger partial charge in [-0.3, -0.25) is 4.39 Å². The smallest absolute Gasteiger partial charge is 0.445 e. The number of thiol groups is 1. The largest absolute Gasteiger partial charge is 1.00 e. The van der Waals surface area contributed by atoms with E-state index in [0.29, 0.717) is 6.54 Å². The Morgan fingerprint density at radius 3 is 2.74 bits per heavy atom. The van der Waals surface area contributed by atoms with Crippen molar-refractivity contribution < 1.29 is 43.5 Å². The van der Waals surface area contributed by atoms with E-state index in [4.69, 9.17) is 4.74 Å². The molecule has 3 nitrogen and oxygen atoms in total. The number of hydrogen-bond donors (Lipinski definition) is 1. The number of likely N-dealkylation sites (tertiary alicyclic amines) is 1. The van der Waals surface area contributed by atoms with E-state index in [1.165, 1.54) is 10.7 Å². The van der Waals surface area contributed by atoms with Crippen LogP contribution < -0.4 is 29.6 Å². The molecule has 0 bridgehead atoms. The van der Waals surface area contributed by atoms with Crippen molar-refractivity contribution in [2.45, 2.75) is 18.7 Å². The van der Waals surface area contributed by atoms with E-state index in [1.807, 2.05) is 30.3 Å². The van der Waals surface area contributed by atoms with Gasteiger partial charge in [0.1, 0.15) is 6.61 Å². The van der Waals surface area contributed by atoms with Gasteiger partial charge in [-0.2, -0.15) is 0 Å². The maximum Gasteiger partial charge on any atom is 1.00 e. The zero-order chi connectivity index (χ0) is 13.0. The van der Waals surface area contributed by atoms with Crippen LogP contribution in [0.15, 0.2) is 30.3 Å². The first-order chi connectivity index (χ1) is 8.63. The maximum atomic E-state index is 13.8. The Hall–Kier alpha value is -0.230. The number of benzene rings is 1. The maximum absolute atomic E-state index is 13.8. The van der Waals surface area contributed by atoms with Crippen LogP contribution in [0.3, 0.4) is 0 Å². The predicted molar refractivity (Wildman–Crippen MR) is 69.9 cm³/mol. The minimum absolute atomic E-state index is 0. The summed E-state index contributed by atoms with van der Waals surface area (Å²) >= 11 is 3.84. The summed E-state index contributed by atoms with van der Waals surface area (Å²) in [6, 6.07) is 9.39. The van der Waals surface area contributed by atoms with Gasteiger partial charge in [-0.1, -0.05) is 30.3 Å². The zero-order valence-corrected chi connectivity index (χ0v) is 13.8. The minimum Gasteiger partial charge on any atom is -0.445 e. The van der Waals surface area contributed by atoms with Gasteiger partial charge in [0.25, 0.3) is 0 Å². The van der Waals surface area contributed by atoms with Gasteiger partial charge in [-0.15, -0.1) is 0 Å². The first kappa shape index (κ1) is 16.8. The van der Waals surface area contributed by atoms with Crippen LogP contribution in [-0.2, 0) is 11.3 Å². The molecule has 0 aliphatic carbocycles. The molecular weight excluding hydrogens is 276 g/mol. The number of ether oxygens (including phenoxy) is 1. The Kier molecular flexibility index (Phi) is 6.66. The third-order valence-corrected chi connectivity index (χ3v) is 3.41. The summed E-state index contributed by atoms with van der Waals surface area (Å²) < 4.78 is 19.0. The molecular formula is C13H15FNNaO2S. The Bertz CT molecular complexity index is 420. The molecule has 19 heavy (non-hydrogen) atoms. The van der Waals surface area contributed by atoms with Crippen molar-refractivity contribution in [3.63, 3.8) is 0 Å². The summed E-state index contributed by atoms with van der Waals surface area (Å²) in [5, 5.41) is 0. The predicted octanol–water partition coefficient (Wildman–Crippen LogP) is -0.167. The molecule has 1 saturated heterocycles. The number of nitrogens with zero attached hydrogens (tertiary/aromatic N) is 1. The van der Waals surface area contributed by atoms with Crippen LogP contribution in [0.2, 0.25) is 0 Å². The second-order valence-corrected chi connectivity index (χ2v) is 4.63. The summed E-state index contributed by atoms with van der Waals surface area (Å²) in [5.41, 5.74) is -0.577. The van der Waals surface area contributed by atoms with Crippen LogP contribution in [0, 0.1) is 5.75 Å². The molecule has 1 aromatic rings. The molecule has 2 rings (SSSR count). The molecule has 1 heterocycles. The Morgan fingerprint density at radius 2 is 2.16 bits per heavy atom. The van der Waals surface area contributed by atoms with Gasteiger partial charge in [-0.05, 0) is 12.0 Å². The summed E-state index contributed by atoms with van der Waals surface area (Å²) in [5.74, 6) is 1.21. The normalized spacial score (nSPS) is 21.9. The number of rotatable bonds is 3. The topological polar surface area (TPSA) is 29.5 Å². The quantitative estimate of drug-likeness (QED) is 0.476. The summed E-state index contributed by atoms with van der Waals surface area (Å²) in [7, 11) is 0. The molecule has 1 atom stereocenters. The first-order valence-corrected chi connectivity index (χ1v) is 6.28. The molecule has 1 unspecified atom stereocenters. The number of carbonyl (C=O) groups excluding carboxylic acids is 1. The van der Waals surface area contributed by atoms with Crippen LogP contribution in [0.1, 0.15) is 12.0 Å². The van der Waals surface area contributed by atoms with E-state index in [1.54, 1.807) is 0 Å². The van der Waals surface area contributed by atoms with Crippen molar-refractivity contribution in [1.29, 1.82) is 0 Å². The van der Waals surface area contributed by atoms with Crippen LogP contribution in [0.4, 0.5) is 9.18 Å². The average molecular weight is 291 g/mol. The van der Waals surface area contributed by atoms with Crippen molar-refractivity contribution in [3.05, 3.63) is 41.6 Å². The molecule has 0 spiro atoms. The summed E-state index contributed by atoms with van der Waals surface area (Å²) in [6.45, 7) is 0.589. The van der Waals surface area contributed by atoms with E-state index in [-0.39, 0.29) is 49.1 Å². The van der Waals surface area contributed by atoms with Gasteiger partial charge in [0.2, 0.25) is 0 Å². The number of amides is 1. The molecule has 1 aromatic carbocycles. The zero-order valence-electron chi connectivity index (χ0n) is 10.9. The van der Waals surface area contributed by atoms with Crippen LogP contribution in [0.25, 0.3) is 0 Å². The fraction of sp³-hybridized carbons (Fsp3) is 0.385. The average Bonchev–Trinajstić information content (AvgIpc) is 2.81. The number of halogens is 1. The molecule has 1 fully saturated rings. The van der Waals surface area contributed by atoms with Gasteiger partial charge >= 0.3 is 35.7 Å². The second-order valence-electron chi connectivity index (χ2n) is 4.38. The Labute approximate surface area is 140 Å². The van der Waals surface area contributed by atoms with Crippen molar-refractivity contribution in [2.75, 3.05) is 13.1 Å². The summed E-state index contributed by atoms with van der Waals surface area (Å²) in [4.78, 5) is 13.1.